The van der Waals surface area contributed by atoms with E-state index < -0.39 is 0 Å². The van der Waals surface area contributed by atoms with Gasteiger partial charge >= 0.3 is 0 Å². The molecule has 0 aromatic carbocycles. The molecule has 0 heterocycles. The van der Waals surface area contributed by atoms with E-state index in [0.717, 1.165) is 0 Å². The Hall–Kier alpha value is 0.620. The van der Waals surface area contributed by atoms with Gasteiger partial charge in [0.05, 0.1) is 5.37 Å². The smallest absolute Gasteiger partial charge is 0.0860 e. The van der Waals surface area contributed by atoms with Crippen molar-refractivity contribution in [3.05, 3.63) is 0 Å². The summed E-state index contributed by atoms with van der Waals surface area (Å²) in [5.74, 6) is 0.515. The molecular formula is C2H7NOS2. The summed E-state index contributed by atoms with van der Waals surface area (Å²) in [5.41, 5.74) is 5.11. The first kappa shape index (κ1) is 6.62. The molecule has 38 valence electrons. The third-order valence-corrected chi connectivity index (χ3v) is 1.39. The van der Waals surface area contributed by atoms with Crippen LogP contribution in [0.2, 0.25) is 0 Å². The highest BCUT2D eigenvalue weighted by Gasteiger charge is 1.92. The first-order chi connectivity index (χ1) is 2.81. The largest absolute Gasteiger partial charge is 0.329 e. The molecule has 0 saturated heterocycles. The fraction of sp³-hybridized carbons (Fsp3) is 1.00. The van der Waals surface area contributed by atoms with Gasteiger partial charge in [0, 0.05) is 17.8 Å². The van der Waals surface area contributed by atoms with E-state index in [-0.39, 0.29) is 5.37 Å². The fourth-order valence-corrected chi connectivity index (χ4v) is 0.300. The van der Waals surface area contributed by atoms with Crippen molar-refractivity contribution < 1.29 is 4.55 Å². The van der Waals surface area contributed by atoms with Crippen molar-refractivity contribution in [2.24, 2.45) is 5.73 Å². The minimum atomic E-state index is -0.228. The second-order valence-electron chi connectivity index (χ2n) is 0.826. The third kappa shape index (κ3) is 2.84. The highest BCUT2D eigenvalue weighted by Crippen LogP contribution is 1.97. The third-order valence-electron chi connectivity index (χ3n) is 0.315. The van der Waals surface area contributed by atoms with Gasteiger partial charge in [-0.05, 0) is 0 Å². The zero-order chi connectivity index (χ0) is 4.99. The van der Waals surface area contributed by atoms with Gasteiger partial charge in [0.1, 0.15) is 0 Å². The van der Waals surface area contributed by atoms with Crippen LogP contribution in [0.15, 0.2) is 0 Å². The molecule has 0 radical (unpaired) electrons. The molecule has 0 aliphatic rings. The summed E-state index contributed by atoms with van der Waals surface area (Å²) in [7, 11) is 0. The fourth-order valence-electron chi connectivity index (χ4n) is 0.0333. The average Bonchev–Trinajstić information content (AvgIpc) is 1.65. The summed E-state index contributed by atoms with van der Waals surface area (Å²) >= 11 is 4.42. The van der Waals surface area contributed by atoms with Crippen molar-refractivity contribution in [1.29, 1.82) is 0 Å². The van der Waals surface area contributed by atoms with Crippen molar-refractivity contribution >= 4 is 24.7 Å². The van der Waals surface area contributed by atoms with Crippen LogP contribution in [0.3, 0.4) is 0 Å². The summed E-state index contributed by atoms with van der Waals surface area (Å²) in [5, 5.41) is -0.228. The maximum Gasteiger partial charge on any atom is 0.0860 e. The van der Waals surface area contributed by atoms with Gasteiger partial charge in [-0.2, -0.15) is 12.6 Å². The molecule has 0 aromatic rings. The van der Waals surface area contributed by atoms with Crippen LogP contribution in [0, 0.1) is 0 Å². The highest BCUT2D eigenvalue weighted by atomic mass is 32.2. The van der Waals surface area contributed by atoms with Gasteiger partial charge < -0.3 is 10.3 Å². The highest BCUT2D eigenvalue weighted by molar-refractivity contribution is 7.95. The summed E-state index contributed by atoms with van der Waals surface area (Å²) in [6.45, 7) is 0. The van der Waals surface area contributed by atoms with Crippen molar-refractivity contribution in [3.63, 3.8) is 0 Å². The van der Waals surface area contributed by atoms with Crippen LogP contribution in [0.5, 0.6) is 0 Å². The summed E-state index contributed by atoms with van der Waals surface area (Å²) in [6, 6.07) is 0. The first-order valence-electron chi connectivity index (χ1n) is 1.48. The van der Waals surface area contributed by atoms with Gasteiger partial charge in [0.15, 0.2) is 0 Å². The Morgan fingerprint density at radius 2 is 2.50 bits per heavy atom. The van der Waals surface area contributed by atoms with E-state index in [4.69, 9.17) is 10.3 Å². The van der Waals surface area contributed by atoms with Crippen molar-refractivity contribution in [2.45, 2.75) is 5.37 Å². The Kier molecular flexibility index (Phi) is 4.19. The van der Waals surface area contributed by atoms with E-state index in [2.05, 4.69) is 12.6 Å². The van der Waals surface area contributed by atoms with Crippen LogP contribution in [0.4, 0.5) is 0 Å². The lowest BCUT2D eigenvalue weighted by atomic mass is 10.8. The second-order valence-corrected chi connectivity index (χ2v) is 2.01. The predicted octanol–water partition coefficient (Wildman–Crippen LogP) is 0.407. The molecule has 0 aliphatic heterocycles. The van der Waals surface area contributed by atoms with E-state index in [9.17, 15) is 0 Å². The van der Waals surface area contributed by atoms with Crippen LogP contribution in [0.25, 0.3) is 0 Å². The lowest BCUT2D eigenvalue weighted by Gasteiger charge is -1.96. The van der Waals surface area contributed by atoms with E-state index in [1.165, 1.54) is 0 Å². The number of hydrogen-bond donors (Lipinski definition) is 3. The summed E-state index contributed by atoms with van der Waals surface area (Å²) in [4.78, 5) is 0. The summed E-state index contributed by atoms with van der Waals surface area (Å²) in [6.07, 6.45) is 0. The molecule has 0 saturated carbocycles. The first-order valence-corrected chi connectivity index (χ1v) is 2.95. The molecular weight excluding hydrogens is 118 g/mol. The number of thiol groups is 1. The Morgan fingerprint density at radius 1 is 2.00 bits per heavy atom. The Balaban J connectivity index is 2.75. The number of nitrogens with two attached hydrogens (primary N) is 1. The maximum atomic E-state index is 8.08. The van der Waals surface area contributed by atoms with Crippen molar-refractivity contribution in [2.75, 3.05) is 5.75 Å². The standard InChI is InChI=1S/C2H7NOS2/c3-2(1-5)6-4/h2,4-5H,1,3H2/t2-/m1/s1. The van der Waals surface area contributed by atoms with E-state index >= 15 is 0 Å². The van der Waals surface area contributed by atoms with Gasteiger partial charge in [-0.25, -0.2) is 0 Å². The maximum absolute atomic E-state index is 8.08. The molecule has 1 atom stereocenters. The van der Waals surface area contributed by atoms with Crippen LogP contribution in [-0.4, -0.2) is 15.7 Å². The van der Waals surface area contributed by atoms with Crippen LogP contribution in [0.1, 0.15) is 0 Å². The van der Waals surface area contributed by atoms with Crippen molar-refractivity contribution in [3.8, 4) is 0 Å². The van der Waals surface area contributed by atoms with Gasteiger partial charge in [-0.3, -0.25) is 0 Å². The molecule has 0 unspecified atom stereocenters. The topological polar surface area (TPSA) is 46.2 Å². The quantitative estimate of drug-likeness (QED) is 0.284. The van der Waals surface area contributed by atoms with E-state index in [0.29, 0.717) is 17.8 Å². The minimum Gasteiger partial charge on any atom is -0.329 e. The van der Waals surface area contributed by atoms with E-state index in [1.54, 1.807) is 0 Å². The number of rotatable bonds is 2. The molecule has 0 bridgehead atoms. The molecule has 0 fully saturated rings. The van der Waals surface area contributed by atoms with Crippen LogP contribution in [-0.2, 0) is 0 Å². The van der Waals surface area contributed by atoms with Gasteiger partial charge in [-0.15, -0.1) is 0 Å². The van der Waals surface area contributed by atoms with Crippen molar-refractivity contribution in [1.82, 2.24) is 0 Å². The van der Waals surface area contributed by atoms with Crippen LogP contribution >= 0.6 is 24.7 Å². The average molecular weight is 125 g/mol. The number of hydrogen-bond acceptors (Lipinski definition) is 4. The molecule has 6 heavy (non-hydrogen) atoms. The Morgan fingerprint density at radius 3 is 2.50 bits per heavy atom. The lowest BCUT2D eigenvalue weighted by Crippen LogP contribution is -2.15. The van der Waals surface area contributed by atoms with Gasteiger partial charge in [0.2, 0.25) is 0 Å². The molecule has 0 rings (SSSR count). The SMILES string of the molecule is N[C@@H](CS)SO. The van der Waals surface area contributed by atoms with E-state index in [1.807, 2.05) is 0 Å². The summed E-state index contributed by atoms with van der Waals surface area (Å²) < 4.78 is 8.08. The van der Waals surface area contributed by atoms with Gasteiger partial charge in [-0.1, -0.05) is 0 Å². The van der Waals surface area contributed by atoms with Gasteiger partial charge in [0.25, 0.3) is 0 Å². The Bertz CT molecular complexity index is 30.7. The normalized spacial score (nSPS) is 14.5. The molecule has 0 aliphatic carbocycles. The molecule has 3 N–H and O–H groups in total. The lowest BCUT2D eigenvalue weighted by molar-refractivity contribution is 0.654. The van der Waals surface area contributed by atoms with Crippen LogP contribution < -0.4 is 5.73 Å². The minimum absolute atomic E-state index is 0.228. The second kappa shape index (κ2) is 3.80. The molecule has 0 spiro atoms. The zero-order valence-electron chi connectivity index (χ0n) is 3.16. The predicted molar refractivity (Wildman–Crippen MR) is 32.0 cm³/mol. The molecule has 0 amide bonds. The molecule has 4 heteroatoms. The monoisotopic (exact) mass is 125 g/mol. The zero-order valence-corrected chi connectivity index (χ0v) is 4.88. The molecule has 0 aromatic heterocycles. The Labute approximate surface area is 46.7 Å². The molecule has 2 nitrogen and oxygen atoms in total.